The van der Waals surface area contributed by atoms with Crippen molar-refractivity contribution in [3.8, 4) is 0 Å². The van der Waals surface area contributed by atoms with E-state index in [-0.39, 0.29) is 18.1 Å². The van der Waals surface area contributed by atoms with Crippen LogP contribution in [-0.4, -0.2) is 26.8 Å². The highest BCUT2D eigenvalue weighted by atomic mass is 16.3. The van der Waals surface area contributed by atoms with E-state index in [1.807, 2.05) is 0 Å². The Hall–Kier alpha value is -1.76. The molecule has 5 N–H and O–H groups in total. The Labute approximate surface area is 110 Å². The van der Waals surface area contributed by atoms with E-state index in [1.165, 1.54) is 4.57 Å². The number of aliphatic hydroxyl groups is 1. The highest BCUT2D eigenvalue weighted by molar-refractivity contribution is 5.60. The Balaban J connectivity index is 2.25. The second-order valence-corrected chi connectivity index (χ2v) is 5.05. The Morgan fingerprint density at radius 3 is 2.63 bits per heavy atom. The van der Waals surface area contributed by atoms with Crippen molar-refractivity contribution < 1.29 is 5.11 Å². The summed E-state index contributed by atoms with van der Waals surface area (Å²) in [6, 6.07) is 0. The second-order valence-electron chi connectivity index (χ2n) is 5.05. The van der Waals surface area contributed by atoms with E-state index < -0.39 is 16.9 Å². The number of hydrogen-bond donors (Lipinski definition) is 4. The van der Waals surface area contributed by atoms with E-state index in [9.17, 15) is 14.7 Å². The highest BCUT2D eigenvalue weighted by Gasteiger charge is 2.31. The van der Waals surface area contributed by atoms with E-state index >= 15 is 0 Å². The van der Waals surface area contributed by atoms with Crippen molar-refractivity contribution in [2.75, 3.05) is 17.6 Å². The summed E-state index contributed by atoms with van der Waals surface area (Å²) >= 11 is 0. The third-order valence-electron chi connectivity index (χ3n) is 3.68. The number of rotatable bonds is 4. The zero-order valence-electron chi connectivity index (χ0n) is 11.0. The van der Waals surface area contributed by atoms with Gasteiger partial charge in [-0.25, -0.2) is 4.79 Å². The van der Waals surface area contributed by atoms with Crippen molar-refractivity contribution in [1.82, 2.24) is 9.55 Å². The van der Waals surface area contributed by atoms with Crippen LogP contribution in [-0.2, 0) is 6.54 Å². The molecule has 106 valence electrons. The van der Waals surface area contributed by atoms with E-state index in [2.05, 4.69) is 10.3 Å². The molecule has 0 unspecified atom stereocenters. The quantitative estimate of drug-likeness (QED) is 0.607. The molecule has 1 aliphatic carbocycles. The number of nitrogens with zero attached hydrogens (tertiary/aromatic N) is 1. The molecule has 0 saturated heterocycles. The Morgan fingerprint density at radius 2 is 2.05 bits per heavy atom. The van der Waals surface area contributed by atoms with Crippen molar-refractivity contribution in [2.45, 2.75) is 44.8 Å². The number of aromatic amines is 1. The minimum Gasteiger partial charge on any atom is -0.388 e. The van der Waals surface area contributed by atoms with Gasteiger partial charge in [0.1, 0.15) is 11.5 Å². The van der Waals surface area contributed by atoms with Gasteiger partial charge in [0.2, 0.25) is 0 Å². The molecule has 1 fully saturated rings. The minimum atomic E-state index is -0.786. The second kappa shape index (κ2) is 5.08. The molecule has 0 aromatic carbocycles. The summed E-state index contributed by atoms with van der Waals surface area (Å²) in [5, 5.41) is 13.1. The number of nitrogens with two attached hydrogens (primary N) is 1. The fourth-order valence-corrected chi connectivity index (χ4v) is 2.54. The van der Waals surface area contributed by atoms with Crippen molar-refractivity contribution in [1.29, 1.82) is 0 Å². The molecule has 1 heterocycles. The SMILES string of the molecule is CCn1c(N)c(NCC2(O)CCCC2)c(=O)[nH]c1=O. The van der Waals surface area contributed by atoms with Crippen molar-refractivity contribution in [3.63, 3.8) is 0 Å². The minimum absolute atomic E-state index is 0.109. The van der Waals surface area contributed by atoms with Gasteiger partial charge in [0.15, 0.2) is 0 Å². The Bertz CT molecular complexity index is 569. The number of nitrogen functional groups attached to an aromatic ring is 1. The number of H-pyrrole nitrogens is 1. The third-order valence-corrected chi connectivity index (χ3v) is 3.68. The van der Waals surface area contributed by atoms with Crippen molar-refractivity contribution >= 4 is 11.5 Å². The molecule has 7 nitrogen and oxygen atoms in total. The molecule has 0 atom stereocenters. The predicted molar refractivity (Wildman–Crippen MR) is 73.3 cm³/mol. The van der Waals surface area contributed by atoms with Gasteiger partial charge in [-0.15, -0.1) is 0 Å². The van der Waals surface area contributed by atoms with Gasteiger partial charge in [-0.3, -0.25) is 14.3 Å². The van der Waals surface area contributed by atoms with Gasteiger partial charge in [0, 0.05) is 13.1 Å². The molecule has 0 aliphatic heterocycles. The zero-order chi connectivity index (χ0) is 14.0. The maximum Gasteiger partial charge on any atom is 0.330 e. The topological polar surface area (TPSA) is 113 Å². The van der Waals surface area contributed by atoms with Gasteiger partial charge in [0.25, 0.3) is 5.56 Å². The predicted octanol–water partition coefficient (Wildman–Crippen LogP) is -0.144. The zero-order valence-corrected chi connectivity index (χ0v) is 11.0. The first-order valence-corrected chi connectivity index (χ1v) is 6.56. The molecule has 1 aromatic heterocycles. The monoisotopic (exact) mass is 268 g/mol. The van der Waals surface area contributed by atoms with E-state index in [1.54, 1.807) is 6.92 Å². The summed E-state index contributed by atoms with van der Waals surface area (Å²) < 4.78 is 1.28. The number of anilines is 2. The number of hydrogen-bond acceptors (Lipinski definition) is 5. The van der Waals surface area contributed by atoms with Crippen LogP contribution in [0.25, 0.3) is 0 Å². The summed E-state index contributed by atoms with van der Waals surface area (Å²) in [6.07, 6.45) is 3.40. The first kappa shape index (κ1) is 13.7. The molecule has 2 rings (SSSR count). The number of nitrogens with one attached hydrogen (secondary N) is 2. The fraction of sp³-hybridized carbons (Fsp3) is 0.667. The van der Waals surface area contributed by atoms with Crippen LogP contribution in [0.1, 0.15) is 32.6 Å². The van der Waals surface area contributed by atoms with Crippen LogP contribution in [0.2, 0.25) is 0 Å². The first-order valence-electron chi connectivity index (χ1n) is 6.56. The maximum absolute atomic E-state index is 11.7. The third kappa shape index (κ3) is 2.65. The average molecular weight is 268 g/mol. The van der Waals surface area contributed by atoms with Crippen LogP contribution in [0.3, 0.4) is 0 Å². The van der Waals surface area contributed by atoms with E-state index in [0.717, 1.165) is 12.8 Å². The average Bonchev–Trinajstić information content (AvgIpc) is 2.76. The molecule has 0 spiro atoms. The molecule has 0 bridgehead atoms. The smallest absolute Gasteiger partial charge is 0.330 e. The van der Waals surface area contributed by atoms with Gasteiger partial charge in [-0.1, -0.05) is 12.8 Å². The van der Waals surface area contributed by atoms with Crippen LogP contribution in [0.4, 0.5) is 11.5 Å². The molecule has 1 saturated carbocycles. The molecular formula is C12H20N4O3. The summed E-state index contributed by atoms with van der Waals surface area (Å²) in [5.74, 6) is 0.109. The van der Waals surface area contributed by atoms with Crippen LogP contribution in [0.5, 0.6) is 0 Å². The van der Waals surface area contributed by atoms with Gasteiger partial charge < -0.3 is 16.2 Å². The van der Waals surface area contributed by atoms with Crippen LogP contribution in [0.15, 0.2) is 9.59 Å². The number of aromatic nitrogens is 2. The van der Waals surface area contributed by atoms with Gasteiger partial charge >= 0.3 is 5.69 Å². The van der Waals surface area contributed by atoms with Crippen LogP contribution < -0.4 is 22.3 Å². The fourth-order valence-electron chi connectivity index (χ4n) is 2.54. The normalized spacial score (nSPS) is 17.6. The van der Waals surface area contributed by atoms with Gasteiger partial charge in [0.05, 0.1) is 5.60 Å². The molecule has 7 heteroatoms. The lowest BCUT2D eigenvalue weighted by molar-refractivity contribution is 0.0614. The molecule has 1 aromatic rings. The van der Waals surface area contributed by atoms with Crippen molar-refractivity contribution in [2.24, 2.45) is 0 Å². The molecular weight excluding hydrogens is 248 g/mol. The van der Waals surface area contributed by atoms with Gasteiger partial charge in [-0.2, -0.15) is 0 Å². The Morgan fingerprint density at radius 1 is 1.42 bits per heavy atom. The van der Waals surface area contributed by atoms with Crippen molar-refractivity contribution in [3.05, 3.63) is 20.8 Å². The summed E-state index contributed by atoms with van der Waals surface area (Å²) in [6.45, 7) is 2.41. The molecule has 1 aliphatic rings. The lowest BCUT2D eigenvalue weighted by Crippen LogP contribution is -2.38. The van der Waals surface area contributed by atoms with Crippen LogP contribution >= 0.6 is 0 Å². The molecule has 0 radical (unpaired) electrons. The van der Waals surface area contributed by atoms with E-state index in [4.69, 9.17) is 5.73 Å². The summed E-state index contributed by atoms with van der Waals surface area (Å²) in [7, 11) is 0. The first-order chi connectivity index (χ1) is 8.97. The molecule has 0 amide bonds. The lowest BCUT2D eigenvalue weighted by atomic mass is 10.0. The van der Waals surface area contributed by atoms with Gasteiger partial charge in [-0.05, 0) is 19.8 Å². The maximum atomic E-state index is 11.7. The standard InChI is InChI=1S/C12H20N4O3/c1-2-16-9(13)8(10(17)15-11(16)18)14-7-12(19)5-3-4-6-12/h14,19H,2-7,13H2,1H3,(H,15,17,18). The van der Waals surface area contributed by atoms with E-state index in [0.29, 0.717) is 19.4 Å². The molecule has 19 heavy (non-hydrogen) atoms. The summed E-state index contributed by atoms with van der Waals surface area (Å²) in [4.78, 5) is 25.5. The largest absolute Gasteiger partial charge is 0.388 e. The Kier molecular flexibility index (Phi) is 3.66. The van der Waals surface area contributed by atoms with Crippen LogP contribution in [0, 0.1) is 0 Å². The summed E-state index contributed by atoms with van der Waals surface area (Å²) in [5.41, 5.74) is 4.13. The highest BCUT2D eigenvalue weighted by Crippen LogP contribution is 2.29. The lowest BCUT2D eigenvalue weighted by Gasteiger charge is -2.23.